The number of methoxy groups -OCH3 is 1. The number of likely N-dealkylation sites (tertiary alicyclic amines) is 1. The van der Waals surface area contributed by atoms with Crippen molar-refractivity contribution in [1.29, 1.82) is 0 Å². The summed E-state index contributed by atoms with van der Waals surface area (Å²) >= 11 is 0. The summed E-state index contributed by atoms with van der Waals surface area (Å²) in [4.78, 5) is 18.9. The molecule has 0 amide bonds. The molecule has 2 aromatic rings. The third-order valence-electron chi connectivity index (χ3n) is 5.45. The first-order valence-corrected chi connectivity index (χ1v) is 8.71. The van der Waals surface area contributed by atoms with Crippen LogP contribution in [0, 0.1) is 12.3 Å². The lowest BCUT2D eigenvalue weighted by atomic mass is 9.73. The summed E-state index contributed by atoms with van der Waals surface area (Å²) in [6.07, 6.45) is 0. The molecule has 6 heteroatoms. The highest BCUT2D eigenvalue weighted by molar-refractivity contribution is 5.78. The lowest BCUT2D eigenvalue weighted by Crippen LogP contribution is -2.45. The van der Waals surface area contributed by atoms with Gasteiger partial charge in [-0.05, 0) is 25.1 Å². The average molecular weight is 354 g/mol. The minimum absolute atomic E-state index is 0.112. The van der Waals surface area contributed by atoms with Crippen molar-refractivity contribution in [2.45, 2.75) is 19.4 Å². The second-order valence-corrected chi connectivity index (χ2v) is 7.15. The third kappa shape index (κ3) is 2.70. The number of fused-ring (bicyclic) bond motifs is 3. The molecule has 0 spiro atoms. The number of nitrogens with zero attached hydrogens (tertiary/aromatic N) is 2. The van der Waals surface area contributed by atoms with Crippen LogP contribution in [0.4, 0.5) is 0 Å². The maximum Gasteiger partial charge on any atom is 0.315 e. The molecule has 1 N–H and O–H groups in total. The van der Waals surface area contributed by atoms with E-state index in [-0.39, 0.29) is 12.5 Å². The average Bonchev–Trinajstić information content (AvgIpc) is 3.01. The first-order valence-electron chi connectivity index (χ1n) is 8.71. The van der Waals surface area contributed by atoms with E-state index in [9.17, 15) is 9.90 Å². The number of ether oxygens (including phenoxy) is 2. The van der Waals surface area contributed by atoms with Gasteiger partial charge < -0.3 is 14.6 Å². The number of benzene rings is 1. The van der Waals surface area contributed by atoms with Crippen LogP contribution in [0.3, 0.4) is 0 Å². The molecule has 4 rings (SSSR count). The maximum absolute atomic E-state index is 12.2. The van der Waals surface area contributed by atoms with Gasteiger partial charge in [0.1, 0.15) is 23.5 Å². The van der Waals surface area contributed by atoms with Gasteiger partial charge in [0.15, 0.2) is 0 Å². The van der Waals surface area contributed by atoms with Gasteiger partial charge in [-0.3, -0.25) is 14.7 Å². The Morgan fingerprint density at radius 3 is 3.00 bits per heavy atom. The number of carboxylic acid groups (broad SMARTS) is 1. The number of hydrogen-bond donors (Lipinski definition) is 1. The highest BCUT2D eigenvalue weighted by Crippen LogP contribution is 2.50. The number of hydrogen-bond acceptors (Lipinski definition) is 5. The van der Waals surface area contributed by atoms with Crippen molar-refractivity contribution >= 4 is 5.97 Å². The van der Waals surface area contributed by atoms with Crippen LogP contribution < -0.4 is 9.47 Å². The van der Waals surface area contributed by atoms with E-state index < -0.39 is 11.4 Å². The molecule has 0 saturated carbocycles. The Bertz CT molecular complexity index is 853. The van der Waals surface area contributed by atoms with Gasteiger partial charge in [0, 0.05) is 42.9 Å². The van der Waals surface area contributed by atoms with Gasteiger partial charge in [0.05, 0.1) is 12.8 Å². The Balaban J connectivity index is 1.65. The quantitative estimate of drug-likeness (QED) is 0.909. The van der Waals surface area contributed by atoms with Gasteiger partial charge in [0.25, 0.3) is 0 Å². The van der Waals surface area contributed by atoms with Crippen LogP contribution in [0.15, 0.2) is 36.4 Å². The van der Waals surface area contributed by atoms with Crippen LogP contribution >= 0.6 is 0 Å². The molecule has 26 heavy (non-hydrogen) atoms. The Morgan fingerprint density at radius 2 is 2.27 bits per heavy atom. The van der Waals surface area contributed by atoms with Gasteiger partial charge in [-0.25, -0.2) is 0 Å². The molecule has 2 atom stereocenters. The zero-order chi connectivity index (χ0) is 18.3. The van der Waals surface area contributed by atoms with Crippen molar-refractivity contribution in [2.24, 2.45) is 5.41 Å². The molecule has 1 aromatic carbocycles. The van der Waals surface area contributed by atoms with Crippen molar-refractivity contribution in [1.82, 2.24) is 9.88 Å². The van der Waals surface area contributed by atoms with E-state index in [0.717, 1.165) is 22.7 Å². The van der Waals surface area contributed by atoms with Gasteiger partial charge in [-0.15, -0.1) is 0 Å². The predicted molar refractivity (Wildman–Crippen MR) is 95.5 cm³/mol. The summed E-state index contributed by atoms with van der Waals surface area (Å²) in [5.41, 5.74) is 1.94. The molecule has 0 aliphatic carbocycles. The van der Waals surface area contributed by atoms with Gasteiger partial charge in [0.2, 0.25) is 0 Å². The minimum Gasteiger partial charge on any atom is -0.497 e. The fourth-order valence-corrected chi connectivity index (χ4v) is 4.13. The predicted octanol–water partition coefficient (Wildman–Crippen LogP) is 2.46. The molecule has 3 heterocycles. The number of aryl methyl sites for hydroxylation is 1. The Hall–Kier alpha value is -2.60. The summed E-state index contributed by atoms with van der Waals surface area (Å²) in [6, 6.07) is 11.6. The monoisotopic (exact) mass is 354 g/mol. The first kappa shape index (κ1) is 16.8. The smallest absolute Gasteiger partial charge is 0.315 e. The lowest BCUT2D eigenvalue weighted by molar-refractivity contribution is -0.151. The van der Waals surface area contributed by atoms with Crippen molar-refractivity contribution in [2.75, 3.05) is 26.8 Å². The number of carboxylic acids is 1. The lowest BCUT2D eigenvalue weighted by Gasteiger charge is -2.36. The standard InChI is InChI=1S/C20H22N2O4/c1-13-4-3-5-14(21-13)9-22-10-17-16-7-6-15(25-2)8-18(16)26-12-20(17,11-22)19(23)24/h3-8,17H,9-12H2,1-2H3,(H,23,24)/t17-,20-/m1/s1. The fourth-order valence-electron chi connectivity index (χ4n) is 4.13. The summed E-state index contributed by atoms with van der Waals surface area (Å²) in [6.45, 7) is 3.89. The molecule has 2 aliphatic rings. The minimum atomic E-state index is -0.925. The second-order valence-electron chi connectivity index (χ2n) is 7.15. The topological polar surface area (TPSA) is 71.9 Å². The van der Waals surface area contributed by atoms with Crippen LogP contribution in [0.1, 0.15) is 22.9 Å². The van der Waals surface area contributed by atoms with E-state index in [2.05, 4.69) is 9.88 Å². The van der Waals surface area contributed by atoms with E-state index >= 15 is 0 Å². The van der Waals surface area contributed by atoms with Crippen molar-refractivity contribution in [3.63, 3.8) is 0 Å². The van der Waals surface area contributed by atoms with Crippen LogP contribution in [0.2, 0.25) is 0 Å². The zero-order valence-corrected chi connectivity index (χ0v) is 14.9. The van der Waals surface area contributed by atoms with Crippen molar-refractivity contribution in [3.8, 4) is 11.5 Å². The number of carbonyl (C=O) groups is 1. The highest BCUT2D eigenvalue weighted by Gasteiger charge is 2.56. The van der Waals surface area contributed by atoms with E-state index in [1.807, 2.05) is 43.3 Å². The summed E-state index contributed by atoms with van der Waals surface area (Å²) in [7, 11) is 1.61. The van der Waals surface area contributed by atoms with E-state index in [1.165, 1.54) is 0 Å². The van der Waals surface area contributed by atoms with Crippen molar-refractivity contribution in [3.05, 3.63) is 53.3 Å². The number of pyridine rings is 1. The maximum atomic E-state index is 12.2. The zero-order valence-electron chi connectivity index (χ0n) is 14.9. The highest BCUT2D eigenvalue weighted by atomic mass is 16.5. The van der Waals surface area contributed by atoms with Crippen LogP contribution in [0.25, 0.3) is 0 Å². The largest absolute Gasteiger partial charge is 0.497 e. The number of aliphatic carboxylic acids is 1. The molecule has 0 radical (unpaired) electrons. The summed E-state index contributed by atoms with van der Waals surface area (Å²) in [5.74, 6) is 0.523. The molecule has 1 saturated heterocycles. The summed E-state index contributed by atoms with van der Waals surface area (Å²) in [5, 5.41) is 10.0. The van der Waals surface area contributed by atoms with E-state index in [0.29, 0.717) is 25.4 Å². The Morgan fingerprint density at radius 1 is 1.42 bits per heavy atom. The summed E-state index contributed by atoms with van der Waals surface area (Å²) < 4.78 is 11.1. The molecule has 0 unspecified atom stereocenters. The van der Waals surface area contributed by atoms with Crippen molar-refractivity contribution < 1.29 is 19.4 Å². The SMILES string of the molecule is COc1ccc2c(c1)OC[C@]1(C(=O)O)CN(Cc3cccc(C)n3)C[C@H]21. The molecule has 0 bridgehead atoms. The molecular weight excluding hydrogens is 332 g/mol. The van der Waals surface area contributed by atoms with E-state index in [4.69, 9.17) is 9.47 Å². The first-order chi connectivity index (χ1) is 12.5. The molecule has 1 fully saturated rings. The normalized spacial score (nSPS) is 24.5. The van der Waals surface area contributed by atoms with Crippen LogP contribution in [-0.2, 0) is 11.3 Å². The van der Waals surface area contributed by atoms with Gasteiger partial charge >= 0.3 is 5.97 Å². The number of rotatable bonds is 4. The Labute approximate surface area is 152 Å². The Kier molecular flexibility index (Phi) is 4.07. The molecule has 6 nitrogen and oxygen atoms in total. The third-order valence-corrected chi connectivity index (χ3v) is 5.45. The van der Waals surface area contributed by atoms with E-state index in [1.54, 1.807) is 7.11 Å². The van der Waals surface area contributed by atoms with Gasteiger partial charge in [-0.2, -0.15) is 0 Å². The molecule has 1 aromatic heterocycles. The molecule has 136 valence electrons. The van der Waals surface area contributed by atoms with Crippen LogP contribution in [0.5, 0.6) is 11.5 Å². The number of aromatic nitrogens is 1. The second kappa shape index (κ2) is 6.29. The molecule has 2 aliphatic heterocycles. The fraction of sp³-hybridized carbons (Fsp3) is 0.400. The van der Waals surface area contributed by atoms with Gasteiger partial charge in [-0.1, -0.05) is 12.1 Å². The van der Waals surface area contributed by atoms with Crippen LogP contribution in [-0.4, -0.2) is 47.8 Å². The molecular formula is C20H22N2O4.